The molecule has 194 valence electrons. The van der Waals surface area contributed by atoms with Crippen molar-refractivity contribution in [1.82, 2.24) is 34.7 Å². The van der Waals surface area contributed by atoms with E-state index >= 15 is 0 Å². The molecule has 37 heavy (non-hydrogen) atoms. The van der Waals surface area contributed by atoms with Crippen LogP contribution < -0.4 is 10.6 Å². The topological polar surface area (TPSA) is 132 Å². The maximum atomic E-state index is 11.9. The number of fused-ring (bicyclic) bond motifs is 2. The lowest BCUT2D eigenvalue weighted by Crippen LogP contribution is -2.59. The van der Waals surface area contributed by atoms with Crippen molar-refractivity contribution in [1.29, 1.82) is 0 Å². The highest BCUT2D eigenvalue weighted by molar-refractivity contribution is 5.95. The lowest BCUT2D eigenvalue weighted by molar-refractivity contribution is -0.129. The Balaban J connectivity index is 1.31. The van der Waals surface area contributed by atoms with E-state index in [0.29, 0.717) is 31.2 Å². The number of anilines is 1. The number of hydrogen-bond donors (Lipinski definition) is 3. The highest BCUT2D eigenvalue weighted by atomic mass is 16.5. The van der Waals surface area contributed by atoms with E-state index in [1.807, 2.05) is 26.1 Å². The van der Waals surface area contributed by atoms with Crippen LogP contribution in [0.25, 0.3) is 33.5 Å². The zero-order chi connectivity index (χ0) is 25.6. The Morgan fingerprint density at radius 2 is 1.84 bits per heavy atom. The van der Waals surface area contributed by atoms with Crippen molar-refractivity contribution >= 4 is 33.8 Å². The first kappa shape index (κ1) is 23.8. The molecule has 0 atom stereocenters. The number of aromatic amines is 2. The second-order valence-electron chi connectivity index (χ2n) is 10.3. The number of imidazole rings is 1. The summed E-state index contributed by atoms with van der Waals surface area (Å²) in [4.78, 5) is 40.3. The Hall–Kier alpha value is -3.54. The number of hydrogen-bond acceptors (Lipinski definition) is 8. The zero-order valence-electron chi connectivity index (χ0n) is 21.3. The van der Waals surface area contributed by atoms with Crippen LogP contribution in [0.2, 0.25) is 0 Å². The first-order valence-corrected chi connectivity index (χ1v) is 12.8. The number of morpholine rings is 1. The van der Waals surface area contributed by atoms with Gasteiger partial charge in [-0.2, -0.15) is 0 Å². The molecule has 2 saturated heterocycles. The molecule has 1 aromatic carbocycles. The van der Waals surface area contributed by atoms with Crippen molar-refractivity contribution in [2.75, 3.05) is 57.4 Å². The van der Waals surface area contributed by atoms with Crippen LogP contribution in [-0.4, -0.2) is 98.6 Å². The Morgan fingerprint density at radius 1 is 1.05 bits per heavy atom. The average molecular weight is 504 g/mol. The summed E-state index contributed by atoms with van der Waals surface area (Å²) in [6, 6.07) is 8.19. The molecule has 6 rings (SSSR count). The van der Waals surface area contributed by atoms with Crippen LogP contribution in [0, 0.1) is 0 Å². The predicted octanol–water partition coefficient (Wildman–Crippen LogP) is 1.72. The van der Waals surface area contributed by atoms with Crippen LogP contribution >= 0.6 is 0 Å². The number of amides is 1. The highest BCUT2D eigenvalue weighted by Gasteiger charge is 2.35. The third-order valence-electron chi connectivity index (χ3n) is 7.67. The number of ether oxygens (including phenoxy) is 1. The van der Waals surface area contributed by atoms with Gasteiger partial charge in [-0.25, -0.2) is 15.0 Å². The van der Waals surface area contributed by atoms with Crippen LogP contribution in [0.1, 0.15) is 19.7 Å². The summed E-state index contributed by atoms with van der Waals surface area (Å²) in [5.74, 6) is 2.10. The summed E-state index contributed by atoms with van der Waals surface area (Å²) in [5, 5.41) is 1.09. The molecule has 5 heterocycles. The molecule has 3 aromatic heterocycles. The van der Waals surface area contributed by atoms with E-state index in [2.05, 4.69) is 42.9 Å². The first-order chi connectivity index (χ1) is 17.9. The molecule has 0 spiro atoms. The molecule has 0 aliphatic carbocycles. The van der Waals surface area contributed by atoms with Crippen molar-refractivity contribution in [2.24, 2.45) is 5.73 Å². The minimum absolute atomic E-state index is 0.293. The number of H-pyrrole nitrogens is 2. The van der Waals surface area contributed by atoms with Crippen LogP contribution in [-0.2, 0) is 16.1 Å². The molecule has 0 bridgehead atoms. The molecule has 11 heteroatoms. The summed E-state index contributed by atoms with van der Waals surface area (Å²) >= 11 is 0. The third-order valence-corrected chi connectivity index (χ3v) is 7.67. The molecule has 0 saturated carbocycles. The molecule has 2 aliphatic heterocycles. The summed E-state index contributed by atoms with van der Waals surface area (Å²) in [7, 11) is 0. The van der Waals surface area contributed by atoms with Crippen molar-refractivity contribution in [3.8, 4) is 11.4 Å². The number of nitrogens with one attached hydrogen (secondary N) is 2. The molecular weight excluding hydrogens is 470 g/mol. The number of carbonyl (C=O) groups excluding carboxylic acids is 1. The van der Waals surface area contributed by atoms with E-state index < -0.39 is 5.54 Å². The summed E-state index contributed by atoms with van der Waals surface area (Å²) < 4.78 is 5.59. The second kappa shape index (κ2) is 9.40. The second-order valence-corrected chi connectivity index (χ2v) is 10.3. The van der Waals surface area contributed by atoms with Gasteiger partial charge in [0.1, 0.15) is 11.3 Å². The van der Waals surface area contributed by atoms with E-state index in [4.69, 9.17) is 25.4 Å². The molecule has 4 N–H and O–H groups in total. The van der Waals surface area contributed by atoms with Gasteiger partial charge in [0.05, 0.1) is 25.3 Å². The normalized spacial score (nSPS) is 18.2. The van der Waals surface area contributed by atoms with Crippen molar-refractivity contribution in [3.63, 3.8) is 0 Å². The maximum absolute atomic E-state index is 11.9. The summed E-state index contributed by atoms with van der Waals surface area (Å²) in [6.07, 6.45) is 1.94. The Kier molecular flexibility index (Phi) is 6.06. The van der Waals surface area contributed by atoms with Crippen LogP contribution in [0.3, 0.4) is 0 Å². The van der Waals surface area contributed by atoms with Crippen LogP contribution in [0.5, 0.6) is 0 Å². The molecule has 2 fully saturated rings. The van der Waals surface area contributed by atoms with Gasteiger partial charge in [-0.1, -0.05) is 12.1 Å². The van der Waals surface area contributed by atoms with Gasteiger partial charge in [-0.05, 0) is 26.0 Å². The number of nitrogens with two attached hydrogens (primary N) is 1. The fourth-order valence-corrected chi connectivity index (χ4v) is 5.24. The summed E-state index contributed by atoms with van der Waals surface area (Å²) in [6.45, 7) is 10.5. The number of carbonyl (C=O) groups is 1. The van der Waals surface area contributed by atoms with Crippen molar-refractivity contribution in [3.05, 3.63) is 36.3 Å². The van der Waals surface area contributed by atoms with Crippen LogP contribution in [0.4, 0.5) is 5.82 Å². The minimum Gasteiger partial charge on any atom is -0.378 e. The van der Waals surface area contributed by atoms with E-state index in [-0.39, 0.29) is 5.91 Å². The third kappa shape index (κ3) is 4.43. The van der Waals surface area contributed by atoms with Crippen molar-refractivity contribution in [2.45, 2.75) is 25.9 Å². The van der Waals surface area contributed by atoms with E-state index in [9.17, 15) is 4.79 Å². The lowest BCUT2D eigenvalue weighted by Gasteiger charge is -2.42. The molecule has 11 nitrogen and oxygen atoms in total. The van der Waals surface area contributed by atoms with Gasteiger partial charge < -0.3 is 25.3 Å². The maximum Gasteiger partial charge on any atom is 0.237 e. The van der Waals surface area contributed by atoms with E-state index in [1.165, 1.54) is 0 Å². The zero-order valence-corrected chi connectivity index (χ0v) is 21.3. The van der Waals surface area contributed by atoms with E-state index in [0.717, 1.165) is 72.9 Å². The molecule has 1 amide bonds. The number of benzene rings is 1. The lowest BCUT2D eigenvalue weighted by atomic mass is 10.0. The SMILES string of the molecule is CC(C)(C(N)=O)N1CCN(Cc2nc3nc(-c4cccc5[nH]ccc45)nc(N4CCOCC4)c3[nH]2)CC1. The number of primary amides is 1. The fourth-order valence-electron chi connectivity index (χ4n) is 5.24. The van der Waals surface area contributed by atoms with E-state index in [1.54, 1.807) is 0 Å². The fraction of sp³-hybridized carbons (Fsp3) is 0.462. The number of aromatic nitrogens is 5. The quantitative estimate of drug-likeness (QED) is 0.362. The first-order valence-electron chi connectivity index (χ1n) is 12.8. The number of nitrogens with zero attached hydrogens (tertiary/aromatic N) is 6. The Morgan fingerprint density at radius 3 is 2.59 bits per heavy atom. The van der Waals surface area contributed by atoms with Gasteiger partial charge in [0.15, 0.2) is 17.3 Å². The van der Waals surface area contributed by atoms with Crippen LogP contribution in [0.15, 0.2) is 30.5 Å². The summed E-state index contributed by atoms with van der Waals surface area (Å²) in [5.41, 5.74) is 8.53. The molecule has 0 radical (unpaired) electrons. The molecule has 0 unspecified atom stereocenters. The standard InChI is InChI=1S/C26H33N9O2/c1-26(2,25(27)36)35-10-8-33(9-11-35)16-20-29-21-23(30-20)31-22(32-24(21)34-12-14-37-15-13-34)18-4-3-5-19-17(18)6-7-28-19/h3-7,28H,8-16H2,1-2H3,(H2,27,36)(H,29,30,31,32). The number of piperazine rings is 1. The van der Waals surface area contributed by atoms with Gasteiger partial charge in [0, 0.05) is 61.9 Å². The minimum atomic E-state index is -0.646. The number of rotatable bonds is 6. The Labute approximate surface area is 215 Å². The molecule has 4 aromatic rings. The largest absolute Gasteiger partial charge is 0.378 e. The van der Waals surface area contributed by atoms with Gasteiger partial charge in [-0.15, -0.1) is 0 Å². The Bertz CT molecular complexity index is 1430. The van der Waals surface area contributed by atoms with Crippen molar-refractivity contribution < 1.29 is 9.53 Å². The highest BCUT2D eigenvalue weighted by Crippen LogP contribution is 2.31. The monoisotopic (exact) mass is 503 g/mol. The average Bonchev–Trinajstić information content (AvgIpc) is 3.55. The predicted molar refractivity (Wildman–Crippen MR) is 142 cm³/mol. The van der Waals surface area contributed by atoms with Gasteiger partial charge in [0.2, 0.25) is 5.91 Å². The van der Waals surface area contributed by atoms with Gasteiger partial charge in [-0.3, -0.25) is 14.6 Å². The smallest absolute Gasteiger partial charge is 0.237 e. The molecule has 2 aliphatic rings. The van der Waals surface area contributed by atoms with Gasteiger partial charge in [0.25, 0.3) is 0 Å². The van der Waals surface area contributed by atoms with Gasteiger partial charge >= 0.3 is 0 Å². The molecular formula is C26H33N9O2.